The van der Waals surface area contributed by atoms with Crippen LogP contribution >= 0.6 is 0 Å². The van der Waals surface area contributed by atoms with Crippen LogP contribution < -0.4 is 9.62 Å². The molecule has 2 aromatic rings. The van der Waals surface area contributed by atoms with Crippen molar-refractivity contribution in [3.63, 3.8) is 0 Å². The molecule has 122 valence electrons. The molecule has 0 saturated heterocycles. The fraction of sp³-hybridized carbons (Fsp3) is 0.250. The highest BCUT2D eigenvalue weighted by atomic mass is 32.2. The molecule has 6 nitrogen and oxygen atoms in total. The van der Waals surface area contributed by atoms with Crippen LogP contribution in [-0.2, 0) is 21.4 Å². The molecule has 0 fully saturated rings. The molecule has 0 aliphatic rings. The molecule has 0 unspecified atom stereocenters. The van der Waals surface area contributed by atoms with Gasteiger partial charge in [0, 0.05) is 19.7 Å². The number of amides is 1. The van der Waals surface area contributed by atoms with Gasteiger partial charge in [-0.25, -0.2) is 8.42 Å². The van der Waals surface area contributed by atoms with E-state index in [1.165, 1.54) is 11.4 Å². The molecule has 1 aromatic carbocycles. The zero-order valence-corrected chi connectivity index (χ0v) is 13.7. The van der Waals surface area contributed by atoms with E-state index in [0.29, 0.717) is 5.69 Å². The van der Waals surface area contributed by atoms with Gasteiger partial charge in [-0.15, -0.1) is 0 Å². The van der Waals surface area contributed by atoms with E-state index in [-0.39, 0.29) is 24.6 Å². The van der Waals surface area contributed by atoms with Gasteiger partial charge in [-0.2, -0.15) is 0 Å². The number of para-hydroxylation sites is 1. The quantitative estimate of drug-likeness (QED) is 0.834. The zero-order chi connectivity index (χ0) is 16.7. The van der Waals surface area contributed by atoms with E-state index in [4.69, 9.17) is 0 Å². The van der Waals surface area contributed by atoms with Crippen molar-refractivity contribution in [2.24, 2.45) is 0 Å². The lowest BCUT2D eigenvalue weighted by molar-refractivity contribution is -0.120. The molecule has 0 aliphatic carbocycles. The molecule has 1 heterocycles. The Balaban J connectivity index is 1.85. The maximum atomic E-state index is 12.2. The minimum atomic E-state index is -3.53. The van der Waals surface area contributed by atoms with E-state index in [0.717, 1.165) is 5.69 Å². The molecule has 0 aliphatic heterocycles. The number of hydrogen-bond donors (Lipinski definition) is 1. The van der Waals surface area contributed by atoms with E-state index < -0.39 is 10.0 Å². The Morgan fingerprint density at radius 2 is 1.83 bits per heavy atom. The second-order valence-electron chi connectivity index (χ2n) is 4.97. The Labute approximate surface area is 136 Å². The van der Waals surface area contributed by atoms with Gasteiger partial charge >= 0.3 is 0 Å². The number of carbonyl (C=O) groups excluding carboxylic acids is 1. The van der Waals surface area contributed by atoms with Gasteiger partial charge in [0.25, 0.3) is 0 Å². The van der Waals surface area contributed by atoms with Gasteiger partial charge in [0.2, 0.25) is 15.9 Å². The monoisotopic (exact) mass is 333 g/mol. The minimum Gasteiger partial charge on any atom is -0.350 e. The molecule has 23 heavy (non-hydrogen) atoms. The van der Waals surface area contributed by atoms with Crippen molar-refractivity contribution in [2.45, 2.75) is 13.0 Å². The first-order chi connectivity index (χ1) is 11.0. The standard InChI is InChI=1S/C16H19N3O3S/c1-19(15-8-3-2-4-9-15)23(21,22)12-10-16(20)18-13-14-7-5-6-11-17-14/h2-9,11H,10,12-13H2,1H3,(H,18,20). The maximum Gasteiger partial charge on any atom is 0.235 e. The lowest BCUT2D eigenvalue weighted by Gasteiger charge is -2.19. The normalized spacial score (nSPS) is 11.0. The molecular formula is C16H19N3O3S. The number of nitrogens with zero attached hydrogens (tertiary/aromatic N) is 2. The molecule has 1 N–H and O–H groups in total. The minimum absolute atomic E-state index is 0.0909. The summed E-state index contributed by atoms with van der Waals surface area (Å²) in [5.74, 6) is -0.562. The number of sulfonamides is 1. The van der Waals surface area contributed by atoms with Crippen molar-refractivity contribution in [3.8, 4) is 0 Å². The molecular weight excluding hydrogens is 314 g/mol. The average Bonchev–Trinajstić information content (AvgIpc) is 2.59. The van der Waals surface area contributed by atoms with Gasteiger partial charge in [0.05, 0.1) is 23.7 Å². The van der Waals surface area contributed by atoms with Crippen LogP contribution in [0, 0.1) is 0 Å². The number of anilines is 1. The van der Waals surface area contributed by atoms with Crippen LogP contribution in [0.5, 0.6) is 0 Å². The van der Waals surface area contributed by atoms with Crippen molar-refractivity contribution < 1.29 is 13.2 Å². The van der Waals surface area contributed by atoms with Crippen molar-refractivity contribution >= 4 is 21.6 Å². The number of aromatic nitrogens is 1. The second kappa shape index (κ2) is 7.73. The molecule has 1 aromatic heterocycles. The van der Waals surface area contributed by atoms with Crippen molar-refractivity contribution in [1.29, 1.82) is 0 Å². The Bertz CT molecular complexity index is 734. The third-order valence-corrected chi connectivity index (χ3v) is 5.08. The van der Waals surface area contributed by atoms with Gasteiger partial charge in [-0.1, -0.05) is 24.3 Å². The molecule has 0 bridgehead atoms. The summed E-state index contributed by atoms with van der Waals surface area (Å²) in [4.78, 5) is 15.9. The van der Waals surface area contributed by atoms with Crippen LogP contribution in [0.3, 0.4) is 0 Å². The van der Waals surface area contributed by atoms with Crippen LogP contribution in [0.25, 0.3) is 0 Å². The molecule has 2 rings (SSSR count). The summed E-state index contributed by atoms with van der Waals surface area (Å²) < 4.78 is 25.7. The summed E-state index contributed by atoms with van der Waals surface area (Å²) in [6.45, 7) is 0.286. The van der Waals surface area contributed by atoms with E-state index in [9.17, 15) is 13.2 Å². The highest BCUT2D eigenvalue weighted by Gasteiger charge is 2.19. The molecule has 1 amide bonds. The Kier molecular flexibility index (Phi) is 5.70. The topological polar surface area (TPSA) is 79.4 Å². The highest BCUT2D eigenvalue weighted by Crippen LogP contribution is 2.15. The van der Waals surface area contributed by atoms with Crippen molar-refractivity contribution in [3.05, 3.63) is 60.4 Å². The first-order valence-electron chi connectivity index (χ1n) is 7.17. The van der Waals surface area contributed by atoms with Crippen LogP contribution in [-0.4, -0.2) is 32.1 Å². The maximum absolute atomic E-state index is 12.2. The van der Waals surface area contributed by atoms with E-state index in [1.54, 1.807) is 42.6 Å². The smallest absolute Gasteiger partial charge is 0.235 e. The summed E-state index contributed by atoms with van der Waals surface area (Å²) in [6, 6.07) is 14.2. The summed E-state index contributed by atoms with van der Waals surface area (Å²) in [7, 11) is -2.05. The number of hydrogen-bond acceptors (Lipinski definition) is 4. The predicted molar refractivity (Wildman–Crippen MR) is 89.3 cm³/mol. The lowest BCUT2D eigenvalue weighted by atomic mass is 10.3. The van der Waals surface area contributed by atoms with Gasteiger partial charge in [-0.3, -0.25) is 14.1 Å². The molecule has 0 saturated carbocycles. The third-order valence-electron chi connectivity index (χ3n) is 3.32. The number of pyridine rings is 1. The predicted octanol–water partition coefficient (Wildman–Crippen LogP) is 1.55. The lowest BCUT2D eigenvalue weighted by Crippen LogP contribution is -2.32. The first-order valence-corrected chi connectivity index (χ1v) is 8.78. The van der Waals surface area contributed by atoms with E-state index in [1.807, 2.05) is 12.1 Å². The van der Waals surface area contributed by atoms with Gasteiger partial charge in [-0.05, 0) is 24.3 Å². The fourth-order valence-electron chi connectivity index (χ4n) is 1.94. The third kappa shape index (κ3) is 5.07. The summed E-state index contributed by atoms with van der Waals surface area (Å²) in [6.07, 6.45) is 1.55. The fourth-order valence-corrected chi connectivity index (χ4v) is 3.10. The molecule has 0 atom stereocenters. The van der Waals surface area contributed by atoms with Crippen LogP contribution in [0.4, 0.5) is 5.69 Å². The number of rotatable bonds is 7. The van der Waals surface area contributed by atoms with Gasteiger partial charge in [0.1, 0.15) is 0 Å². The second-order valence-corrected chi connectivity index (χ2v) is 7.09. The number of nitrogens with one attached hydrogen (secondary N) is 1. The van der Waals surface area contributed by atoms with Crippen LogP contribution in [0.2, 0.25) is 0 Å². The van der Waals surface area contributed by atoms with Crippen LogP contribution in [0.1, 0.15) is 12.1 Å². The zero-order valence-electron chi connectivity index (χ0n) is 12.8. The summed E-state index contributed by atoms with van der Waals surface area (Å²) in [5.41, 5.74) is 1.30. The highest BCUT2D eigenvalue weighted by molar-refractivity contribution is 7.92. The SMILES string of the molecule is CN(c1ccccc1)S(=O)(=O)CCC(=O)NCc1ccccn1. The largest absolute Gasteiger partial charge is 0.350 e. The summed E-state index contributed by atoms with van der Waals surface area (Å²) in [5, 5.41) is 2.67. The Morgan fingerprint density at radius 1 is 1.13 bits per heavy atom. The number of benzene rings is 1. The average molecular weight is 333 g/mol. The summed E-state index contributed by atoms with van der Waals surface area (Å²) >= 11 is 0. The van der Waals surface area contributed by atoms with Crippen LogP contribution in [0.15, 0.2) is 54.7 Å². The Morgan fingerprint density at radius 3 is 2.48 bits per heavy atom. The van der Waals surface area contributed by atoms with Gasteiger partial charge < -0.3 is 5.32 Å². The Hall–Kier alpha value is -2.41. The molecule has 0 radical (unpaired) electrons. The first kappa shape index (κ1) is 17.0. The molecule has 7 heteroatoms. The van der Waals surface area contributed by atoms with Crippen molar-refractivity contribution in [1.82, 2.24) is 10.3 Å². The van der Waals surface area contributed by atoms with Crippen molar-refractivity contribution in [2.75, 3.05) is 17.1 Å². The molecule has 0 spiro atoms. The number of carbonyl (C=O) groups is 1. The van der Waals surface area contributed by atoms with Gasteiger partial charge in [0.15, 0.2) is 0 Å². The van der Waals surface area contributed by atoms with E-state index in [2.05, 4.69) is 10.3 Å². The van der Waals surface area contributed by atoms with E-state index >= 15 is 0 Å².